The molecule has 0 aliphatic rings. The van der Waals surface area contributed by atoms with Crippen molar-refractivity contribution >= 4 is 17.1 Å². The second-order valence-electron chi connectivity index (χ2n) is 6.54. The minimum absolute atomic E-state index is 1.00. The van der Waals surface area contributed by atoms with E-state index in [1.807, 2.05) is 54.6 Å². The van der Waals surface area contributed by atoms with Crippen molar-refractivity contribution in [3.05, 3.63) is 139 Å². The van der Waals surface area contributed by atoms with Gasteiger partial charge in [0.05, 0.1) is 5.70 Å². The third-order valence-corrected chi connectivity index (χ3v) is 4.54. The van der Waals surface area contributed by atoms with Gasteiger partial charge in [-0.25, -0.2) is 0 Å². The van der Waals surface area contributed by atoms with E-state index in [2.05, 4.69) is 89.5 Å². The lowest BCUT2D eigenvalue weighted by Crippen LogP contribution is -2.15. The van der Waals surface area contributed by atoms with E-state index >= 15 is 0 Å². The maximum Gasteiger partial charge on any atom is 0.0617 e. The summed E-state index contributed by atoms with van der Waals surface area (Å²) < 4.78 is 0. The van der Waals surface area contributed by atoms with Crippen molar-refractivity contribution in [3.63, 3.8) is 0 Å². The predicted octanol–water partition coefficient (Wildman–Crippen LogP) is 6.92. The smallest absolute Gasteiger partial charge is 0.0617 e. The Labute approximate surface area is 172 Å². The van der Waals surface area contributed by atoms with E-state index in [4.69, 9.17) is 0 Å². The lowest BCUT2D eigenvalue weighted by Gasteiger charge is -2.27. The van der Waals surface area contributed by atoms with Gasteiger partial charge in [-0.05, 0) is 42.0 Å². The maximum absolute atomic E-state index is 3.27. The molecule has 4 aromatic carbocycles. The maximum atomic E-state index is 3.27. The number of hydrogen-bond acceptors (Lipinski definition) is 1. The molecule has 138 valence electrons. The predicted molar refractivity (Wildman–Crippen MR) is 123 cm³/mol. The highest BCUT2D eigenvalue weighted by Crippen LogP contribution is 2.34. The second kappa shape index (κ2) is 9.26. The van der Waals surface area contributed by atoms with E-state index in [-0.39, 0.29) is 0 Å². The highest BCUT2D eigenvalue weighted by Gasteiger charge is 2.15. The topological polar surface area (TPSA) is 3.24 Å². The van der Waals surface area contributed by atoms with Crippen LogP contribution in [-0.4, -0.2) is 0 Å². The molecule has 1 nitrogen and oxygen atoms in total. The van der Waals surface area contributed by atoms with Crippen molar-refractivity contribution < 1.29 is 0 Å². The largest absolute Gasteiger partial charge is 0.309 e. The fourth-order valence-corrected chi connectivity index (χ4v) is 3.18. The number of nitrogens with zero attached hydrogens (tertiary/aromatic N) is 1. The molecule has 0 heterocycles. The first kappa shape index (κ1) is 18.3. The second-order valence-corrected chi connectivity index (χ2v) is 6.54. The Kier molecular flexibility index (Phi) is 5.86. The molecule has 0 aliphatic heterocycles. The van der Waals surface area contributed by atoms with E-state index in [1.165, 1.54) is 0 Å². The van der Waals surface area contributed by atoms with Crippen molar-refractivity contribution in [2.75, 3.05) is 4.90 Å². The summed E-state index contributed by atoms with van der Waals surface area (Å²) in [4.78, 5) is 2.25. The van der Waals surface area contributed by atoms with Gasteiger partial charge in [0.15, 0.2) is 0 Å². The molecule has 29 heavy (non-hydrogen) atoms. The van der Waals surface area contributed by atoms with Crippen LogP contribution in [0, 0.1) is 11.8 Å². The fraction of sp³-hybridized carbons (Fsp3) is 0. The van der Waals surface area contributed by atoms with E-state index in [0.717, 1.165) is 28.2 Å². The van der Waals surface area contributed by atoms with Crippen molar-refractivity contribution in [1.29, 1.82) is 0 Å². The fourth-order valence-electron chi connectivity index (χ4n) is 3.18. The van der Waals surface area contributed by atoms with Crippen LogP contribution in [0.2, 0.25) is 0 Å². The average molecular weight is 371 g/mol. The Hall–Kier alpha value is -4.02. The summed E-state index contributed by atoms with van der Waals surface area (Å²) in [5, 5.41) is 0. The Bertz CT molecular complexity index is 1080. The van der Waals surface area contributed by atoms with Crippen LogP contribution in [-0.2, 0) is 0 Å². The van der Waals surface area contributed by atoms with Crippen molar-refractivity contribution in [2.45, 2.75) is 0 Å². The molecule has 0 aliphatic carbocycles. The van der Waals surface area contributed by atoms with Gasteiger partial charge in [0, 0.05) is 23.0 Å². The zero-order chi connectivity index (χ0) is 19.7. The number of rotatable bonds is 4. The van der Waals surface area contributed by atoms with Crippen LogP contribution in [0.25, 0.3) is 5.70 Å². The average Bonchev–Trinajstić information content (AvgIpc) is 2.81. The number of anilines is 2. The Morgan fingerprint density at radius 1 is 0.552 bits per heavy atom. The van der Waals surface area contributed by atoms with E-state index < -0.39 is 0 Å². The summed E-state index contributed by atoms with van der Waals surface area (Å²) >= 11 is 0. The summed E-state index contributed by atoms with van der Waals surface area (Å²) in [6.07, 6.45) is 2.00. The number of allylic oxidation sites excluding steroid dienone is 1. The molecule has 0 radical (unpaired) electrons. The standard InChI is InChI=1S/C28H21N/c1-5-14-24(15-6-1)16-13-23-28(25-17-7-2-8-18-25)29(26-19-9-3-10-20-26)27-21-11-4-12-22-27/h1-12,14-15,17-23H/b28-23+. The Morgan fingerprint density at radius 3 is 1.52 bits per heavy atom. The lowest BCUT2D eigenvalue weighted by atomic mass is 10.1. The van der Waals surface area contributed by atoms with Gasteiger partial charge in [0.2, 0.25) is 0 Å². The van der Waals surface area contributed by atoms with E-state index in [1.54, 1.807) is 0 Å². The van der Waals surface area contributed by atoms with Crippen molar-refractivity contribution in [2.24, 2.45) is 0 Å². The van der Waals surface area contributed by atoms with Crippen molar-refractivity contribution in [3.8, 4) is 11.8 Å². The Morgan fingerprint density at radius 2 is 1.00 bits per heavy atom. The van der Waals surface area contributed by atoms with Gasteiger partial charge in [-0.1, -0.05) is 96.8 Å². The molecule has 4 aromatic rings. The van der Waals surface area contributed by atoms with Crippen LogP contribution in [0.3, 0.4) is 0 Å². The molecule has 0 amide bonds. The molecular formula is C28H21N. The van der Waals surface area contributed by atoms with Crippen LogP contribution < -0.4 is 4.90 Å². The zero-order valence-corrected chi connectivity index (χ0v) is 16.1. The van der Waals surface area contributed by atoms with Crippen LogP contribution in [0.1, 0.15) is 11.1 Å². The van der Waals surface area contributed by atoms with Gasteiger partial charge in [0.25, 0.3) is 0 Å². The minimum Gasteiger partial charge on any atom is -0.309 e. The molecule has 0 aromatic heterocycles. The highest BCUT2D eigenvalue weighted by molar-refractivity contribution is 5.88. The molecule has 0 unspecified atom stereocenters. The molecule has 0 saturated carbocycles. The van der Waals surface area contributed by atoms with Gasteiger partial charge in [-0.2, -0.15) is 0 Å². The monoisotopic (exact) mass is 371 g/mol. The summed E-state index contributed by atoms with van der Waals surface area (Å²) in [6, 6.07) is 41.2. The van der Waals surface area contributed by atoms with Crippen LogP contribution in [0.4, 0.5) is 11.4 Å². The minimum atomic E-state index is 1.00. The lowest BCUT2D eigenvalue weighted by molar-refractivity contribution is 1.29. The van der Waals surface area contributed by atoms with E-state index in [0.29, 0.717) is 0 Å². The summed E-state index contributed by atoms with van der Waals surface area (Å²) in [5.41, 5.74) is 5.33. The summed E-state index contributed by atoms with van der Waals surface area (Å²) in [6.45, 7) is 0. The molecule has 1 heteroatoms. The van der Waals surface area contributed by atoms with Crippen LogP contribution in [0.15, 0.2) is 127 Å². The molecule has 0 bridgehead atoms. The highest BCUT2D eigenvalue weighted by atomic mass is 15.1. The number of para-hydroxylation sites is 2. The molecule has 0 atom stereocenters. The molecule has 0 spiro atoms. The Balaban J connectivity index is 1.86. The number of benzene rings is 4. The summed E-state index contributed by atoms with van der Waals surface area (Å²) in [5.74, 6) is 6.52. The first-order chi connectivity index (χ1) is 14.4. The van der Waals surface area contributed by atoms with Crippen LogP contribution in [0.5, 0.6) is 0 Å². The third-order valence-electron chi connectivity index (χ3n) is 4.54. The molecule has 0 N–H and O–H groups in total. The zero-order valence-electron chi connectivity index (χ0n) is 16.1. The van der Waals surface area contributed by atoms with Gasteiger partial charge in [-0.15, -0.1) is 0 Å². The molecular weight excluding hydrogens is 350 g/mol. The van der Waals surface area contributed by atoms with E-state index in [9.17, 15) is 0 Å². The third kappa shape index (κ3) is 4.64. The first-order valence-corrected chi connectivity index (χ1v) is 9.64. The SMILES string of the molecule is C(#Cc1ccccc1)/C=C(\c1ccccc1)N(c1ccccc1)c1ccccc1. The number of hydrogen-bond donors (Lipinski definition) is 0. The van der Waals surface area contributed by atoms with Gasteiger partial charge in [-0.3, -0.25) is 0 Å². The van der Waals surface area contributed by atoms with Gasteiger partial charge < -0.3 is 4.90 Å². The molecule has 0 saturated heterocycles. The molecule has 4 rings (SSSR count). The normalized spacial score (nSPS) is 10.7. The quantitative estimate of drug-likeness (QED) is 0.352. The van der Waals surface area contributed by atoms with Crippen LogP contribution >= 0.6 is 0 Å². The van der Waals surface area contributed by atoms with Gasteiger partial charge in [0.1, 0.15) is 0 Å². The summed E-state index contributed by atoms with van der Waals surface area (Å²) in [7, 11) is 0. The molecule has 0 fully saturated rings. The van der Waals surface area contributed by atoms with Crippen molar-refractivity contribution in [1.82, 2.24) is 0 Å². The first-order valence-electron chi connectivity index (χ1n) is 9.64. The van der Waals surface area contributed by atoms with Gasteiger partial charge >= 0.3 is 0 Å².